The van der Waals surface area contributed by atoms with Crippen molar-refractivity contribution in [3.63, 3.8) is 0 Å². The Bertz CT molecular complexity index is 521. The molecule has 0 aliphatic heterocycles. The Labute approximate surface area is 112 Å². The lowest BCUT2D eigenvalue weighted by Crippen LogP contribution is -2.11. The Kier molecular flexibility index (Phi) is 4.38. The van der Waals surface area contributed by atoms with E-state index < -0.39 is 0 Å². The van der Waals surface area contributed by atoms with Gasteiger partial charge in [0.1, 0.15) is 6.33 Å². The van der Waals surface area contributed by atoms with Crippen molar-refractivity contribution in [1.29, 1.82) is 0 Å². The van der Waals surface area contributed by atoms with Crippen LogP contribution < -0.4 is 5.32 Å². The van der Waals surface area contributed by atoms with Crippen LogP contribution in [0.5, 0.6) is 0 Å². The van der Waals surface area contributed by atoms with Crippen LogP contribution >= 0.6 is 11.8 Å². The molecule has 0 bridgehead atoms. The molecule has 0 aliphatic carbocycles. The third-order valence-corrected chi connectivity index (χ3v) is 3.92. The minimum Gasteiger partial charge on any atom is -0.313 e. The molecule has 0 aliphatic rings. The largest absolute Gasteiger partial charge is 0.313 e. The second-order valence-corrected chi connectivity index (χ2v) is 5.16. The maximum absolute atomic E-state index is 4.23. The normalized spacial score (nSPS) is 10.8. The van der Waals surface area contributed by atoms with E-state index in [2.05, 4.69) is 47.4 Å². The number of rotatable bonds is 5. The summed E-state index contributed by atoms with van der Waals surface area (Å²) in [5.74, 6) is 0. The minimum absolute atomic E-state index is 0.914. The number of hydrogen-bond donors (Lipinski definition) is 1. The average molecular weight is 262 g/mol. The van der Waals surface area contributed by atoms with Gasteiger partial charge in [-0.25, -0.2) is 9.67 Å². The highest BCUT2D eigenvalue weighted by Gasteiger charge is 2.06. The van der Waals surface area contributed by atoms with E-state index in [4.69, 9.17) is 0 Å². The molecule has 0 fully saturated rings. The lowest BCUT2D eigenvalue weighted by molar-refractivity contribution is 0.685. The first kappa shape index (κ1) is 13.1. The fourth-order valence-corrected chi connectivity index (χ4v) is 2.51. The van der Waals surface area contributed by atoms with Gasteiger partial charge in [0.25, 0.3) is 0 Å². The summed E-state index contributed by atoms with van der Waals surface area (Å²) in [5, 5.41) is 8.32. The van der Waals surface area contributed by atoms with Crippen LogP contribution in [-0.2, 0) is 13.6 Å². The first-order valence-corrected chi connectivity index (χ1v) is 6.84. The zero-order chi connectivity index (χ0) is 13.0. The lowest BCUT2D eigenvalue weighted by Gasteiger charge is -2.08. The number of aromatic nitrogens is 3. The van der Waals surface area contributed by atoms with Gasteiger partial charge in [0.2, 0.25) is 0 Å². The summed E-state index contributed by atoms with van der Waals surface area (Å²) >= 11 is 1.65. The summed E-state index contributed by atoms with van der Waals surface area (Å²) in [6, 6.07) is 6.54. The summed E-state index contributed by atoms with van der Waals surface area (Å²) in [4.78, 5) is 5.45. The van der Waals surface area contributed by atoms with Crippen LogP contribution in [0.15, 0.2) is 34.6 Å². The minimum atomic E-state index is 0.914. The van der Waals surface area contributed by atoms with E-state index in [0.717, 1.165) is 18.2 Å². The number of nitrogens with one attached hydrogen (secondary N) is 1. The second-order valence-electron chi connectivity index (χ2n) is 4.15. The van der Waals surface area contributed by atoms with E-state index in [9.17, 15) is 0 Å². The third kappa shape index (κ3) is 3.11. The molecule has 0 unspecified atom stereocenters. The molecule has 0 spiro atoms. The highest BCUT2D eigenvalue weighted by Crippen LogP contribution is 2.28. The van der Waals surface area contributed by atoms with Gasteiger partial charge in [-0.15, -0.1) is 0 Å². The molecular formula is C13H18N4S. The van der Waals surface area contributed by atoms with E-state index in [-0.39, 0.29) is 0 Å². The number of aryl methyl sites for hydroxylation is 2. The molecule has 2 rings (SSSR count). The Hall–Kier alpha value is -1.33. The Morgan fingerprint density at radius 2 is 2.22 bits per heavy atom. The Morgan fingerprint density at radius 1 is 1.39 bits per heavy atom. The van der Waals surface area contributed by atoms with Crippen LogP contribution in [0.1, 0.15) is 18.1 Å². The fraction of sp³-hybridized carbons (Fsp3) is 0.385. The van der Waals surface area contributed by atoms with Gasteiger partial charge in [-0.05, 0) is 42.4 Å². The van der Waals surface area contributed by atoms with Crippen molar-refractivity contribution in [2.75, 3.05) is 6.54 Å². The molecule has 0 saturated heterocycles. The predicted octanol–water partition coefficient (Wildman–Crippen LogP) is 2.38. The first-order valence-electron chi connectivity index (χ1n) is 6.02. The van der Waals surface area contributed by atoms with Gasteiger partial charge in [-0.1, -0.05) is 19.1 Å². The molecule has 1 aromatic carbocycles. The summed E-state index contributed by atoms with van der Waals surface area (Å²) in [7, 11) is 1.91. The molecule has 2 aromatic rings. The first-order chi connectivity index (χ1) is 8.70. The molecule has 1 aromatic heterocycles. The van der Waals surface area contributed by atoms with Crippen LogP contribution in [-0.4, -0.2) is 21.3 Å². The summed E-state index contributed by atoms with van der Waals surface area (Å²) < 4.78 is 1.79. The van der Waals surface area contributed by atoms with Crippen LogP contribution in [0, 0.1) is 6.92 Å². The molecule has 0 radical (unpaired) electrons. The van der Waals surface area contributed by atoms with E-state index in [1.165, 1.54) is 16.0 Å². The van der Waals surface area contributed by atoms with Gasteiger partial charge in [0, 0.05) is 18.5 Å². The van der Waals surface area contributed by atoms with Crippen molar-refractivity contribution in [2.45, 2.75) is 30.4 Å². The quantitative estimate of drug-likeness (QED) is 0.898. The summed E-state index contributed by atoms with van der Waals surface area (Å²) in [5.41, 5.74) is 2.59. The molecule has 4 nitrogen and oxygen atoms in total. The number of benzene rings is 1. The van der Waals surface area contributed by atoms with Crippen molar-refractivity contribution in [3.05, 3.63) is 35.7 Å². The van der Waals surface area contributed by atoms with Gasteiger partial charge >= 0.3 is 0 Å². The summed E-state index contributed by atoms with van der Waals surface area (Å²) in [6.07, 6.45) is 1.58. The molecule has 5 heteroatoms. The molecule has 1 N–H and O–H groups in total. The van der Waals surface area contributed by atoms with Gasteiger partial charge in [0.05, 0.1) is 0 Å². The van der Waals surface area contributed by atoms with Crippen molar-refractivity contribution in [2.24, 2.45) is 7.05 Å². The number of hydrogen-bond acceptors (Lipinski definition) is 4. The zero-order valence-corrected chi connectivity index (χ0v) is 11.8. The van der Waals surface area contributed by atoms with E-state index in [1.807, 2.05) is 7.05 Å². The molecule has 1 heterocycles. The number of nitrogens with zero attached hydrogens (tertiary/aromatic N) is 3. The van der Waals surface area contributed by atoms with Gasteiger partial charge in [0.15, 0.2) is 5.16 Å². The maximum atomic E-state index is 4.23. The molecule has 0 atom stereocenters. The van der Waals surface area contributed by atoms with Crippen molar-refractivity contribution < 1.29 is 0 Å². The Balaban J connectivity index is 2.12. The molecule has 0 amide bonds. The van der Waals surface area contributed by atoms with Gasteiger partial charge in [-0.2, -0.15) is 5.10 Å². The van der Waals surface area contributed by atoms with Crippen LogP contribution in [0.3, 0.4) is 0 Å². The van der Waals surface area contributed by atoms with Gasteiger partial charge < -0.3 is 5.32 Å². The molecule has 0 saturated carbocycles. The second kappa shape index (κ2) is 6.02. The maximum Gasteiger partial charge on any atom is 0.190 e. The van der Waals surface area contributed by atoms with Crippen molar-refractivity contribution in [3.8, 4) is 0 Å². The van der Waals surface area contributed by atoms with Gasteiger partial charge in [-0.3, -0.25) is 0 Å². The molecule has 96 valence electrons. The fourth-order valence-electron chi connectivity index (χ4n) is 1.68. The van der Waals surface area contributed by atoms with Crippen LogP contribution in [0.4, 0.5) is 0 Å². The van der Waals surface area contributed by atoms with Crippen LogP contribution in [0.25, 0.3) is 0 Å². The predicted molar refractivity (Wildman–Crippen MR) is 73.7 cm³/mol. The lowest BCUT2D eigenvalue weighted by atomic mass is 10.1. The standard InChI is InChI=1S/C13H18N4S/c1-4-14-8-11-5-6-12(10(2)7-11)18-13-15-9-16-17(13)3/h5-7,9,14H,4,8H2,1-3H3. The highest BCUT2D eigenvalue weighted by molar-refractivity contribution is 7.99. The Morgan fingerprint density at radius 3 is 2.83 bits per heavy atom. The van der Waals surface area contributed by atoms with Crippen LogP contribution in [0.2, 0.25) is 0 Å². The summed E-state index contributed by atoms with van der Waals surface area (Å²) in [6.45, 7) is 6.17. The monoisotopic (exact) mass is 262 g/mol. The molecular weight excluding hydrogens is 244 g/mol. The SMILES string of the molecule is CCNCc1ccc(Sc2ncnn2C)c(C)c1. The third-order valence-electron chi connectivity index (χ3n) is 2.69. The molecule has 18 heavy (non-hydrogen) atoms. The van der Waals surface area contributed by atoms with Crippen molar-refractivity contribution >= 4 is 11.8 Å². The smallest absolute Gasteiger partial charge is 0.190 e. The van der Waals surface area contributed by atoms with E-state index in [0.29, 0.717) is 0 Å². The van der Waals surface area contributed by atoms with Crippen molar-refractivity contribution in [1.82, 2.24) is 20.1 Å². The van der Waals surface area contributed by atoms with E-state index in [1.54, 1.807) is 22.8 Å². The van der Waals surface area contributed by atoms with E-state index >= 15 is 0 Å². The average Bonchev–Trinajstić information content (AvgIpc) is 2.75. The zero-order valence-electron chi connectivity index (χ0n) is 11.0. The highest BCUT2D eigenvalue weighted by atomic mass is 32.2. The topological polar surface area (TPSA) is 42.7 Å².